The number of aromatic nitrogens is 2. The minimum absolute atomic E-state index is 0.375. The summed E-state index contributed by atoms with van der Waals surface area (Å²) in [4.78, 5) is 7.30. The number of fused-ring (bicyclic) bond motifs is 1. The molecule has 16 heavy (non-hydrogen) atoms. The molecule has 0 bridgehead atoms. The molecule has 2 rings (SSSR count). The van der Waals surface area contributed by atoms with E-state index in [-0.39, 0.29) is 0 Å². The second-order valence-corrected chi connectivity index (χ2v) is 4.05. The van der Waals surface area contributed by atoms with E-state index in [1.165, 1.54) is 0 Å². The lowest BCUT2D eigenvalue weighted by atomic mass is 10.2. The zero-order chi connectivity index (χ0) is 11.7. The van der Waals surface area contributed by atoms with Gasteiger partial charge in [0.05, 0.1) is 11.0 Å². The van der Waals surface area contributed by atoms with Crippen molar-refractivity contribution in [3.8, 4) is 0 Å². The quantitative estimate of drug-likeness (QED) is 0.428. The van der Waals surface area contributed by atoms with Gasteiger partial charge in [-0.1, -0.05) is 25.0 Å². The summed E-state index contributed by atoms with van der Waals surface area (Å²) in [6.07, 6.45) is 0. The number of azide groups is 1. The van der Waals surface area contributed by atoms with Crippen LogP contribution >= 0.6 is 0 Å². The van der Waals surface area contributed by atoms with Gasteiger partial charge in [0.25, 0.3) is 0 Å². The van der Waals surface area contributed by atoms with Crippen LogP contribution in [-0.2, 0) is 7.05 Å². The summed E-state index contributed by atoms with van der Waals surface area (Å²) in [7, 11) is 2.00. The number of benzene rings is 1. The topological polar surface area (TPSA) is 66.6 Å². The minimum Gasteiger partial charge on any atom is -0.331 e. The van der Waals surface area contributed by atoms with Gasteiger partial charge in [-0.15, -0.1) is 0 Å². The Morgan fingerprint density at radius 1 is 1.44 bits per heavy atom. The lowest BCUT2D eigenvalue weighted by molar-refractivity contribution is 0.722. The van der Waals surface area contributed by atoms with Crippen LogP contribution in [0.4, 0.5) is 5.69 Å². The first-order valence-electron chi connectivity index (χ1n) is 5.15. The fraction of sp³-hybridized carbons (Fsp3) is 0.364. The molecule has 0 N–H and O–H groups in total. The molecule has 0 atom stereocenters. The van der Waals surface area contributed by atoms with Crippen LogP contribution in [0.1, 0.15) is 25.6 Å². The highest BCUT2D eigenvalue weighted by Crippen LogP contribution is 2.24. The van der Waals surface area contributed by atoms with Gasteiger partial charge in [-0.3, -0.25) is 0 Å². The van der Waals surface area contributed by atoms with Gasteiger partial charge < -0.3 is 4.57 Å². The van der Waals surface area contributed by atoms with E-state index in [2.05, 4.69) is 33.4 Å². The molecule has 0 fully saturated rings. The van der Waals surface area contributed by atoms with Crippen molar-refractivity contribution in [1.82, 2.24) is 9.55 Å². The third kappa shape index (κ3) is 1.61. The van der Waals surface area contributed by atoms with Crippen molar-refractivity contribution < 1.29 is 0 Å². The molecule has 0 saturated carbocycles. The number of hydrogen-bond donors (Lipinski definition) is 0. The molecule has 0 amide bonds. The Bertz CT molecular complexity index is 575. The van der Waals surface area contributed by atoms with Gasteiger partial charge >= 0.3 is 0 Å². The third-order valence-electron chi connectivity index (χ3n) is 2.58. The number of rotatable bonds is 2. The molecule has 5 nitrogen and oxygen atoms in total. The molecule has 82 valence electrons. The van der Waals surface area contributed by atoms with Crippen molar-refractivity contribution >= 4 is 16.7 Å². The van der Waals surface area contributed by atoms with Crippen molar-refractivity contribution in [3.05, 3.63) is 34.5 Å². The average Bonchev–Trinajstić information content (AvgIpc) is 2.56. The number of nitrogens with zero attached hydrogens (tertiary/aromatic N) is 5. The lowest BCUT2D eigenvalue weighted by Gasteiger charge is -2.04. The molecule has 0 unspecified atom stereocenters. The minimum atomic E-state index is 0.375. The van der Waals surface area contributed by atoms with E-state index in [1.807, 2.05) is 13.1 Å². The Labute approximate surface area is 93.3 Å². The maximum atomic E-state index is 8.37. The van der Waals surface area contributed by atoms with Gasteiger partial charge in [-0.2, -0.15) is 0 Å². The van der Waals surface area contributed by atoms with Gasteiger partial charge in [-0.25, -0.2) is 4.98 Å². The summed E-state index contributed by atoms with van der Waals surface area (Å²) >= 11 is 0. The van der Waals surface area contributed by atoms with Crippen LogP contribution in [0.5, 0.6) is 0 Å². The van der Waals surface area contributed by atoms with Crippen molar-refractivity contribution in [2.45, 2.75) is 19.8 Å². The standard InChI is InChI=1S/C11H13N5/c1-7(2)11-13-9-6-8(14-15-12)4-5-10(9)16(11)3/h4-7H,1-3H3. The second-order valence-electron chi connectivity index (χ2n) is 4.05. The maximum absolute atomic E-state index is 8.37. The first-order chi connectivity index (χ1) is 7.63. The normalized spacial score (nSPS) is 10.8. The molecule has 1 heterocycles. The molecule has 5 heteroatoms. The first kappa shape index (κ1) is 10.5. The van der Waals surface area contributed by atoms with Crippen LogP contribution in [-0.4, -0.2) is 9.55 Å². The van der Waals surface area contributed by atoms with Gasteiger partial charge in [0.2, 0.25) is 0 Å². The molecule has 0 aliphatic rings. The predicted molar refractivity (Wildman–Crippen MR) is 63.6 cm³/mol. The van der Waals surface area contributed by atoms with Crippen molar-refractivity contribution in [2.75, 3.05) is 0 Å². The summed E-state index contributed by atoms with van der Waals surface area (Å²) in [5.74, 6) is 1.41. The van der Waals surface area contributed by atoms with E-state index in [0.29, 0.717) is 11.6 Å². The molecular weight excluding hydrogens is 202 g/mol. The van der Waals surface area contributed by atoms with Gasteiger partial charge in [-0.05, 0) is 17.7 Å². The largest absolute Gasteiger partial charge is 0.331 e. The fourth-order valence-corrected chi connectivity index (χ4v) is 1.84. The summed E-state index contributed by atoms with van der Waals surface area (Å²) in [6.45, 7) is 4.21. The van der Waals surface area contributed by atoms with E-state index in [9.17, 15) is 0 Å². The molecule has 1 aromatic heterocycles. The van der Waals surface area contributed by atoms with Crippen LogP contribution < -0.4 is 0 Å². The molecule has 0 aliphatic heterocycles. The van der Waals surface area contributed by atoms with Crippen LogP contribution in [0, 0.1) is 0 Å². The summed E-state index contributed by atoms with van der Waals surface area (Å²) < 4.78 is 2.07. The Morgan fingerprint density at radius 2 is 2.19 bits per heavy atom. The number of imidazole rings is 1. The zero-order valence-electron chi connectivity index (χ0n) is 9.55. The third-order valence-corrected chi connectivity index (χ3v) is 2.58. The number of hydrogen-bond acceptors (Lipinski definition) is 2. The van der Waals surface area contributed by atoms with Crippen molar-refractivity contribution in [3.63, 3.8) is 0 Å². The van der Waals surface area contributed by atoms with E-state index < -0.39 is 0 Å². The van der Waals surface area contributed by atoms with Crippen molar-refractivity contribution in [1.29, 1.82) is 0 Å². The predicted octanol–water partition coefficient (Wildman–Crippen LogP) is 3.64. The molecule has 2 aromatic rings. The van der Waals surface area contributed by atoms with Gasteiger partial charge in [0.1, 0.15) is 5.82 Å². The average molecular weight is 215 g/mol. The smallest absolute Gasteiger partial charge is 0.112 e. The highest BCUT2D eigenvalue weighted by molar-refractivity contribution is 5.79. The Balaban J connectivity index is 2.67. The summed E-state index contributed by atoms with van der Waals surface area (Å²) in [5.41, 5.74) is 10.9. The van der Waals surface area contributed by atoms with E-state index in [4.69, 9.17) is 5.53 Å². The van der Waals surface area contributed by atoms with Crippen LogP contribution in [0.3, 0.4) is 0 Å². The zero-order valence-corrected chi connectivity index (χ0v) is 9.55. The fourth-order valence-electron chi connectivity index (χ4n) is 1.84. The summed E-state index contributed by atoms with van der Waals surface area (Å²) in [6, 6.07) is 5.53. The van der Waals surface area contributed by atoms with Crippen LogP contribution in [0.2, 0.25) is 0 Å². The monoisotopic (exact) mass is 215 g/mol. The lowest BCUT2D eigenvalue weighted by Crippen LogP contribution is -1.99. The SMILES string of the molecule is CC(C)c1nc2cc(N=[N+]=[N-])ccc2n1C. The molecule has 0 aliphatic carbocycles. The first-order valence-corrected chi connectivity index (χ1v) is 5.15. The maximum Gasteiger partial charge on any atom is 0.112 e. The Morgan fingerprint density at radius 3 is 2.81 bits per heavy atom. The van der Waals surface area contributed by atoms with Crippen LogP contribution in [0.15, 0.2) is 23.3 Å². The highest BCUT2D eigenvalue weighted by Gasteiger charge is 2.10. The van der Waals surface area contributed by atoms with Crippen LogP contribution in [0.25, 0.3) is 21.5 Å². The molecule has 0 spiro atoms. The molecule has 0 saturated heterocycles. The summed E-state index contributed by atoms with van der Waals surface area (Å²) in [5, 5.41) is 3.57. The second kappa shape index (κ2) is 3.87. The van der Waals surface area contributed by atoms with Gasteiger partial charge in [0, 0.05) is 23.6 Å². The van der Waals surface area contributed by atoms with Gasteiger partial charge in [0.15, 0.2) is 0 Å². The molecular formula is C11H13N5. The molecule has 1 aromatic carbocycles. The van der Waals surface area contributed by atoms with E-state index >= 15 is 0 Å². The van der Waals surface area contributed by atoms with E-state index in [0.717, 1.165) is 16.9 Å². The molecule has 0 radical (unpaired) electrons. The van der Waals surface area contributed by atoms with E-state index in [1.54, 1.807) is 12.1 Å². The number of aryl methyl sites for hydroxylation is 1. The Hall–Kier alpha value is -2.00. The highest BCUT2D eigenvalue weighted by atomic mass is 15.1. The van der Waals surface area contributed by atoms with Crippen molar-refractivity contribution in [2.24, 2.45) is 12.2 Å². The Kier molecular flexibility index (Phi) is 2.54.